The van der Waals surface area contributed by atoms with E-state index in [1.807, 2.05) is 0 Å². The van der Waals surface area contributed by atoms with Crippen LogP contribution in [0.15, 0.2) is 24.5 Å². The van der Waals surface area contributed by atoms with Gasteiger partial charge in [-0.15, -0.1) is 10.1 Å². The van der Waals surface area contributed by atoms with Gasteiger partial charge < -0.3 is 20.0 Å². The zero-order valence-corrected chi connectivity index (χ0v) is 14.3. The Labute approximate surface area is 148 Å². The molecule has 0 saturated carbocycles. The molecule has 1 heterocycles. The Kier molecular flexibility index (Phi) is 8.91. The number of hydrogen-bond donors (Lipinski definition) is 3. The number of hydrogen-bond acceptors (Lipinski definition) is 9. The van der Waals surface area contributed by atoms with Crippen molar-refractivity contribution in [2.24, 2.45) is 0 Å². The van der Waals surface area contributed by atoms with Gasteiger partial charge in [0.1, 0.15) is 18.2 Å². The summed E-state index contributed by atoms with van der Waals surface area (Å²) in [4.78, 5) is 37.3. The summed E-state index contributed by atoms with van der Waals surface area (Å²) in [6.07, 6.45) is 1.64. The van der Waals surface area contributed by atoms with Crippen LogP contribution in [-0.2, 0) is 25.8 Å². The van der Waals surface area contributed by atoms with Crippen molar-refractivity contribution < 1.29 is 38.7 Å². The van der Waals surface area contributed by atoms with E-state index in [4.69, 9.17) is 4.74 Å². The van der Waals surface area contributed by atoms with E-state index >= 15 is 0 Å². The number of rotatable bonds is 11. The van der Waals surface area contributed by atoms with E-state index in [0.29, 0.717) is 0 Å². The number of aliphatic hydroxyl groups is 1. The van der Waals surface area contributed by atoms with Crippen LogP contribution < -0.4 is 15.2 Å². The topological polar surface area (TPSA) is 153 Å². The first-order valence-electron chi connectivity index (χ1n) is 7.51. The van der Waals surface area contributed by atoms with Crippen LogP contribution in [0, 0.1) is 10.1 Å². The second kappa shape index (κ2) is 10.9. The number of carbonyl (C=O) groups excluding carboxylic acids is 2. The Morgan fingerprint density at radius 3 is 2.85 bits per heavy atom. The van der Waals surface area contributed by atoms with Gasteiger partial charge in [-0.25, -0.2) is 0 Å². The minimum absolute atomic E-state index is 0.0285. The molecule has 2 atom stereocenters. The number of amides is 1. The van der Waals surface area contributed by atoms with Crippen molar-refractivity contribution >= 4 is 11.9 Å². The highest BCUT2D eigenvalue weighted by Crippen LogP contribution is 1.95. The zero-order chi connectivity index (χ0) is 19.5. The maximum absolute atomic E-state index is 11.9. The number of aliphatic hydroxyl groups excluding tert-OH is 1. The molecule has 12 nitrogen and oxygen atoms in total. The van der Waals surface area contributed by atoms with Gasteiger partial charge in [0.15, 0.2) is 12.4 Å². The molecule has 144 valence electrons. The molecule has 12 heteroatoms. The Hall–Kier alpha value is -2.83. The van der Waals surface area contributed by atoms with Crippen molar-refractivity contribution in [3.05, 3.63) is 40.2 Å². The summed E-state index contributed by atoms with van der Waals surface area (Å²) in [7, 11) is 1.23. The van der Waals surface area contributed by atoms with E-state index in [2.05, 4.69) is 20.2 Å². The molecule has 0 aromatic carbocycles. The molecular weight excluding hydrogens is 352 g/mol. The number of nitrogens with one attached hydrogen (secondary N) is 2. The van der Waals surface area contributed by atoms with Gasteiger partial charge in [-0.1, -0.05) is 0 Å². The quantitative estimate of drug-likeness (QED) is 0.103. The first-order valence-corrected chi connectivity index (χ1v) is 7.51. The Balaban J connectivity index is 2.47. The standard InChI is InChI=1S/C14H20N4O8/c1-10(13(20)24-2)16-14(21)25-9-17-6-3-4-11(8-17)12(19)15-5-7-26-18(22)23/h3-4,6,8,10,14,16,21H,5,7,9H2,1-2H3/p+1. The zero-order valence-electron chi connectivity index (χ0n) is 14.3. The third kappa shape index (κ3) is 7.83. The van der Waals surface area contributed by atoms with Gasteiger partial charge in [0.25, 0.3) is 17.7 Å². The van der Waals surface area contributed by atoms with E-state index in [1.165, 1.54) is 30.9 Å². The fraction of sp³-hybridized carbons (Fsp3) is 0.500. The van der Waals surface area contributed by atoms with E-state index in [1.54, 1.807) is 12.3 Å². The summed E-state index contributed by atoms with van der Waals surface area (Å²) < 4.78 is 11.1. The van der Waals surface area contributed by atoms with Gasteiger partial charge in [-0.05, 0) is 13.0 Å². The molecule has 1 aromatic heterocycles. The lowest BCUT2D eigenvalue weighted by molar-refractivity contribution is -0.757. The van der Waals surface area contributed by atoms with E-state index in [0.717, 1.165) is 0 Å². The molecule has 26 heavy (non-hydrogen) atoms. The number of esters is 1. The van der Waals surface area contributed by atoms with Crippen LogP contribution in [0.4, 0.5) is 0 Å². The third-order valence-electron chi connectivity index (χ3n) is 3.03. The maximum Gasteiger partial charge on any atom is 0.322 e. The SMILES string of the molecule is COC(=O)C(C)NC(O)OC[n+]1cccc(C(=O)NCCO[N+](=O)[O-])c1. The average Bonchev–Trinajstić information content (AvgIpc) is 2.62. The van der Waals surface area contributed by atoms with Gasteiger partial charge >= 0.3 is 5.97 Å². The second-order valence-electron chi connectivity index (χ2n) is 4.98. The van der Waals surface area contributed by atoms with Gasteiger partial charge in [-0.2, -0.15) is 4.57 Å². The van der Waals surface area contributed by atoms with Crippen molar-refractivity contribution in [2.45, 2.75) is 26.1 Å². The monoisotopic (exact) mass is 373 g/mol. The van der Waals surface area contributed by atoms with E-state index in [-0.39, 0.29) is 25.4 Å². The lowest BCUT2D eigenvalue weighted by atomic mass is 10.2. The summed E-state index contributed by atoms with van der Waals surface area (Å²) in [5.74, 6) is -1.01. The Bertz CT molecular complexity index is 627. The largest absolute Gasteiger partial charge is 0.468 e. The Morgan fingerprint density at radius 1 is 1.46 bits per heavy atom. The fourth-order valence-electron chi connectivity index (χ4n) is 1.79. The number of ether oxygens (including phenoxy) is 2. The lowest BCUT2D eigenvalue weighted by Crippen LogP contribution is -2.46. The number of carbonyl (C=O) groups is 2. The van der Waals surface area contributed by atoms with Crippen molar-refractivity contribution in [3.63, 3.8) is 0 Å². The van der Waals surface area contributed by atoms with Crippen molar-refractivity contribution in [3.8, 4) is 0 Å². The first kappa shape index (κ1) is 21.2. The predicted molar refractivity (Wildman–Crippen MR) is 83.6 cm³/mol. The number of methoxy groups -OCH3 is 1. The molecule has 0 radical (unpaired) electrons. The summed E-state index contributed by atoms with van der Waals surface area (Å²) in [6, 6.07) is 2.36. The summed E-state index contributed by atoms with van der Waals surface area (Å²) in [5.41, 5.74) is 0.280. The number of aromatic nitrogens is 1. The van der Waals surface area contributed by atoms with Gasteiger partial charge in [0.05, 0.1) is 7.11 Å². The van der Waals surface area contributed by atoms with E-state index < -0.39 is 29.4 Å². The van der Waals surface area contributed by atoms with Crippen LogP contribution in [-0.4, -0.2) is 54.8 Å². The molecule has 0 aliphatic heterocycles. The summed E-state index contributed by atoms with van der Waals surface area (Å²) >= 11 is 0. The van der Waals surface area contributed by atoms with Gasteiger partial charge in [0, 0.05) is 12.6 Å². The van der Waals surface area contributed by atoms with Crippen molar-refractivity contribution in [1.29, 1.82) is 0 Å². The first-order chi connectivity index (χ1) is 12.3. The lowest BCUT2D eigenvalue weighted by Gasteiger charge is -2.16. The highest BCUT2D eigenvalue weighted by molar-refractivity contribution is 5.93. The molecule has 0 aliphatic carbocycles. The maximum atomic E-state index is 11.9. The second-order valence-corrected chi connectivity index (χ2v) is 4.98. The molecule has 0 spiro atoms. The van der Waals surface area contributed by atoms with Crippen LogP contribution in [0.3, 0.4) is 0 Å². The molecule has 3 N–H and O–H groups in total. The third-order valence-corrected chi connectivity index (χ3v) is 3.03. The van der Waals surface area contributed by atoms with Crippen LogP contribution in [0.1, 0.15) is 17.3 Å². The van der Waals surface area contributed by atoms with Gasteiger partial charge in [-0.3, -0.25) is 19.6 Å². The molecular formula is C14H21N4O8+. The van der Waals surface area contributed by atoms with Crippen LogP contribution in [0.25, 0.3) is 0 Å². The summed E-state index contributed by atoms with van der Waals surface area (Å²) in [5, 5.41) is 23.7. The molecule has 0 aliphatic rings. The van der Waals surface area contributed by atoms with Crippen molar-refractivity contribution in [2.75, 3.05) is 20.3 Å². The highest BCUT2D eigenvalue weighted by atomic mass is 16.9. The average molecular weight is 373 g/mol. The number of pyridine rings is 1. The summed E-state index contributed by atoms with van der Waals surface area (Å²) in [6.45, 7) is 1.11. The van der Waals surface area contributed by atoms with E-state index in [9.17, 15) is 24.8 Å². The molecule has 1 aromatic rings. The minimum Gasteiger partial charge on any atom is -0.468 e. The molecule has 0 bridgehead atoms. The number of nitrogens with zero attached hydrogens (tertiary/aromatic N) is 2. The fourth-order valence-corrected chi connectivity index (χ4v) is 1.79. The van der Waals surface area contributed by atoms with Crippen LogP contribution in [0.2, 0.25) is 0 Å². The van der Waals surface area contributed by atoms with Crippen LogP contribution >= 0.6 is 0 Å². The molecule has 2 unspecified atom stereocenters. The van der Waals surface area contributed by atoms with Gasteiger partial charge in [0.2, 0.25) is 6.41 Å². The Morgan fingerprint density at radius 2 is 2.19 bits per heavy atom. The molecule has 0 fully saturated rings. The molecule has 0 saturated heterocycles. The minimum atomic E-state index is -1.42. The highest BCUT2D eigenvalue weighted by Gasteiger charge is 2.18. The normalized spacial score (nSPS) is 12.7. The smallest absolute Gasteiger partial charge is 0.322 e. The molecule has 1 rings (SSSR count). The van der Waals surface area contributed by atoms with Crippen LogP contribution in [0.5, 0.6) is 0 Å². The predicted octanol–water partition coefficient (Wildman–Crippen LogP) is -1.69. The van der Waals surface area contributed by atoms with Crippen molar-refractivity contribution in [1.82, 2.24) is 10.6 Å². The molecule has 1 amide bonds.